The van der Waals surface area contributed by atoms with Crippen molar-refractivity contribution in [3.63, 3.8) is 0 Å². The summed E-state index contributed by atoms with van der Waals surface area (Å²) in [6, 6.07) is 8.86. The summed E-state index contributed by atoms with van der Waals surface area (Å²) in [6.07, 6.45) is 2.69. The number of nitrogens with one attached hydrogen (secondary N) is 2. The summed E-state index contributed by atoms with van der Waals surface area (Å²) in [7, 11) is 0. The van der Waals surface area contributed by atoms with Gasteiger partial charge in [0, 0.05) is 24.9 Å². The summed E-state index contributed by atoms with van der Waals surface area (Å²) in [6.45, 7) is 0.854. The van der Waals surface area contributed by atoms with Gasteiger partial charge in [-0.3, -0.25) is 14.6 Å². The van der Waals surface area contributed by atoms with Crippen molar-refractivity contribution in [2.75, 3.05) is 6.54 Å². The summed E-state index contributed by atoms with van der Waals surface area (Å²) in [4.78, 5) is 33.1. The van der Waals surface area contributed by atoms with Crippen molar-refractivity contribution in [2.24, 2.45) is 0 Å². The molecule has 6 nitrogen and oxygen atoms in total. The largest absolute Gasteiger partial charge is 0.356 e. The molecular formula is C23H18F2N4O2. The van der Waals surface area contributed by atoms with Gasteiger partial charge in [0.2, 0.25) is 5.91 Å². The zero-order valence-electron chi connectivity index (χ0n) is 16.4. The fraction of sp³-hybridized carbons (Fsp3) is 0.217. The van der Waals surface area contributed by atoms with Crippen molar-refractivity contribution in [1.82, 2.24) is 20.6 Å². The lowest BCUT2D eigenvalue weighted by Gasteiger charge is -2.12. The second kappa shape index (κ2) is 7.54. The van der Waals surface area contributed by atoms with Crippen LogP contribution in [0.5, 0.6) is 0 Å². The molecule has 2 aliphatic heterocycles. The second-order valence-electron chi connectivity index (χ2n) is 7.66. The number of carbonyl (C=O) groups excluding carboxylic acids is 2. The highest BCUT2D eigenvalue weighted by molar-refractivity contribution is 5.99. The van der Waals surface area contributed by atoms with Crippen LogP contribution in [0, 0.1) is 11.6 Å². The highest BCUT2D eigenvalue weighted by Crippen LogP contribution is 2.30. The Morgan fingerprint density at radius 2 is 1.84 bits per heavy atom. The van der Waals surface area contributed by atoms with E-state index >= 15 is 0 Å². The maximum Gasteiger partial charge on any atom is 0.253 e. The highest BCUT2D eigenvalue weighted by atomic mass is 19.1. The van der Waals surface area contributed by atoms with Crippen LogP contribution in [0.1, 0.15) is 45.2 Å². The van der Waals surface area contributed by atoms with Crippen molar-refractivity contribution in [3.05, 3.63) is 82.3 Å². The van der Waals surface area contributed by atoms with E-state index in [0.29, 0.717) is 35.5 Å². The Morgan fingerprint density at radius 1 is 1.03 bits per heavy atom. The smallest absolute Gasteiger partial charge is 0.253 e. The molecule has 2 amide bonds. The van der Waals surface area contributed by atoms with Gasteiger partial charge in [-0.25, -0.2) is 13.8 Å². The lowest BCUT2D eigenvalue weighted by Crippen LogP contribution is -2.18. The highest BCUT2D eigenvalue weighted by Gasteiger charge is 2.28. The molecule has 1 atom stereocenters. The van der Waals surface area contributed by atoms with Crippen LogP contribution in [0.2, 0.25) is 0 Å². The van der Waals surface area contributed by atoms with Gasteiger partial charge in [-0.15, -0.1) is 0 Å². The predicted molar refractivity (Wildman–Crippen MR) is 108 cm³/mol. The molecule has 156 valence electrons. The van der Waals surface area contributed by atoms with Gasteiger partial charge in [-0.2, -0.15) is 0 Å². The maximum absolute atomic E-state index is 14.3. The molecule has 5 rings (SSSR count). The van der Waals surface area contributed by atoms with Crippen LogP contribution < -0.4 is 10.6 Å². The van der Waals surface area contributed by atoms with Crippen molar-refractivity contribution >= 4 is 11.8 Å². The minimum absolute atomic E-state index is 0.00488. The predicted octanol–water partition coefficient (Wildman–Crippen LogP) is 2.86. The number of halogens is 2. The molecule has 31 heavy (non-hydrogen) atoms. The molecule has 0 bridgehead atoms. The fourth-order valence-corrected chi connectivity index (χ4v) is 4.18. The molecule has 8 heteroatoms. The minimum Gasteiger partial charge on any atom is -0.356 e. The van der Waals surface area contributed by atoms with Gasteiger partial charge >= 0.3 is 0 Å². The molecule has 2 N–H and O–H groups in total. The summed E-state index contributed by atoms with van der Waals surface area (Å²) < 4.78 is 28.7. The molecule has 2 aromatic heterocycles. The van der Waals surface area contributed by atoms with Gasteiger partial charge < -0.3 is 10.6 Å². The molecule has 1 fully saturated rings. The Hall–Kier alpha value is -3.68. The fourth-order valence-electron chi connectivity index (χ4n) is 4.18. The molecule has 0 aliphatic carbocycles. The van der Waals surface area contributed by atoms with E-state index in [1.54, 1.807) is 12.3 Å². The minimum atomic E-state index is -0.715. The van der Waals surface area contributed by atoms with Gasteiger partial charge in [0.1, 0.15) is 11.6 Å². The number of amides is 2. The Morgan fingerprint density at radius 3 is 2.52 bits per heavy atom. The number of benzene rings is 1. The van der Waals surface area contributed by atoms with E-state index in [0.717, 1.165) is 12.0 Å². The molecule has 0 saturated carbocycles. The Labute approximate surface area is 176 Å². The molecular weight excluding hydrogens is 402 g/mol. The number of hydrogen-bond donors (Lipinski definition) is 2. The van der Waals surface area contributed by atoms with Crippen LogP contribution in [0.4, 0.5) is 8.78 Å². The molecule has 3 aromatic rings. The van der Waals surface area contributed by atoms with Gasteiger partial charge in [0.05, 0.1) is 35.0 Å². The van der Waals surface area contributed by atoms with Crippen LogP contribution in [0.3, 0.4) is 0 Å². The van der Waals surface area contributed by atoms with Crippen molar-refractivity contribution in [1.29, 1.82) is 0 Å². The number of fused-ring (bicyclic) bond motifs is 1. The molecule has 4 heterocycles. The number of nitrogens with zero attached hydrogens (tertiary/aromatic N) is 2. The van der Waals surface area contributed by atoms with Crippen LogP contribution >= 0.6 is 0 Å². The number of rotatable bonds is 4. The van der Waals surface area contributed by atoms with Crippen LogP contribution in [0.15, 0.2) is 42.6 Å². The van der Waals surface area contributed by atoms with Gasteiger partial charge in [0.25, 0.3) is 5.91 Å². The molecule has 2 aliphatic rings. The Kier molecular flexibility index (Phi) is 4.69. The molecule has 0 unspecified atom stereocenters. The Bertz CT molecular complexity index is 1190. The first-order valence-electron chi connectivity index (χ1n) is 9.99. The summed E-state index contributed by atoms with van der Waals surface area (Å²) in [5.41, 5.74) is 2.90. The van der Waals surface area contributed by atoms with Crippen molar-refractivity contribution < 1.29 is 18.4 Å². The topological polar surface area (TPSA) is 84.0 Å². The van der Waals surface area contributed by atoms with Gasteiger partial charge in [0.15, 0.2) is 0 Å². The lowest BCUT2D eigenvalue weighted by atomic mass is 9.97. The Balaban J connectivity index is 1.52. The third-order valence-electron chi connectivity index (χ3n) is 5.71. The SMILES string of the molecule is O=C1NCc2nc(-c3c(F)cccc3F)cc(Cc3ccc([C@@H]4CCNC4=O)cn3)c21. The number of pyridine rings is 2. The first-order valence-corrected chi connectivity index (χ1v) is 9.99. The molecule has 0 spiro atoms. The average Bonchev–Trinajstić information content (AvgIpc) is 3.34. The lowest BCUT2D eigenvalue weighted by molar-refractivity contribution is -0.120. The number of aromatic nitrogens is 2. The zero-order valence-corrected chi connectivity index (χ0v) is 16.4. The summed E-state index contributed by atoms with van der Waals surface area (Å²) in [5, 5.41) is 5.52. The molecule has 1 aromatic carbocycles. The monoisotopic (exact) mass is 420 g/mol. The normalized spacial score (nSPS) is 17.4. The third-order valence-corrected chi connectivity index (χ3v) is 5.71. The second-order valence-corrected chi connectivity index (χ2v) is 7.66. The molecule has 1 saturated heterocycles. The third kappa shape index (κ3) is 3.43. The van der Waals surface area contributed by atoms with E-state index < -0.39 is 11.6 Å². The standard InChI is InChI=1S/C23H18F2N4O2/c24-16-2-1-3-17(25)21(16)18-9-13(20-19(29-18)11-28-23(20)31)8-14-5-4-12(10-27-14)15-6-7-26-22(15)30/h1-5,9-10,15H,6-8,11H2,(H,26,30)(H,28,31)/t15-/m0/s1. The maximum atomic E-state index is 14.3. The van der Waals surface area contributed by atoms with Gasteiger partial charge in [-0.05, 0) is 41.8 Å². The van der Waals surface area contributed by atoms with Crippen LogP contribution in [-0.4, -0.2) is 28.3 Å². The summed E-state index contributed by atoms with van der Waals surface area (Å²) >= 11 is 0. The van der Waals surface area contributed by atoms with E-state index in [2.05, 4.69) is 20.6 Å². The van der Waals surface area contributed by atoms with Crippen LogP contribution in [0.25, 0.3) is 11.3 Å². The van der Waals surface area contributed by atoms with E-state index in [1.165, 1.54) is 18.2 Å². The summed E-state index contributed by atoms with van der Waals surface area (Å²) in [5.74, 6) is -1.90. The van der Waals surface area contributed by atoms with Gasteiger partial charge in [-0.1, -0.05) is 12.1 Å². The average molecular weight is 420 g/mol. The van der Waals surface area contributed by atoms with E-state index in [1.807, 2.05) is 12.1 Å². The van der Waals surface area contributed by atoms with Crippen molar-refractivity contribution in [2.45, 2.75) is 25.3 Å². The number of hydrogen-bond acceptors (Lipinski definition) is 4. The zero-order chi connectivity index (χ0) is 21.5. The van der Waals surface area contributed by atoms with Crippen molar-refractivity contribution in [3.8, 4) is 11.3 Å². The van der Waals surface area contributed by atoms with E-state index in [-0.39, 0.29) is 35.5 Å². The van der Waals surface area contributed by atoms with Crippen LogP contribution in [-0.2, 0) is 17.8 Å². The molecule has 0 radical (unpaired) electrons. The first kappa shape index (κ1) is 19.3. The van der Waals surface area contributed by atoms with E-state index in [4.69, 9.17) is 0 Å². The number of carbonyl (C=O) groups is 2. The van der Waals surface area contributed by atoms with E-state index in [9.17, 15) is 18.4 Å². The first-order chi connectivity index (χ1) is 15.0. The quantitative estimate of drug-likeness (QED) is 0.680.